The maximum atomic E-state index is 11.6. The van der Waals surface area contributed by atoms with Gasteiger partial charge < -0.3 is 19.7 Å². The van der Waals surface area contributed by atoms with Crippen molar-refractivity contribution in [1.82, 2.24) is 10.2 Å². The van der Waals surface area contributed by atoms with E-state index in [0.29, 0.717) is 24.1 Å². The van der Waals surface area contributed by atoms with Crippen molar-refractivity contribution < 1.29 is 14.3 Å². The van der Waals surface area contributed by atoms with Gasteiger partial charge in [0.05, 0.1) is 6.61 Å². The second-order valence-electron chi connectivity index (χ2n) is 5.33. The molecule has 0 heterocycles. The minimum Gasteiger partial charge on any atom is -0.490 e. The second kappa shape index (κ2) is 8.52. The summed E-state index contributed by atoms with van der Waals surface area (Å²) >= 11 is 0. The van der Waals surface area contributed by atoms with Gasteiger partial charge in [-0.2, -0.15) is 0 Å². The van der Waals surface area contributed by atoms with Crippen molar-refractivity contribution in [2.24, 2.45) is 0 Å². The van der Waals surface area contributed by atoms with E-state index in [1.54, 1.807) is 14.1 Å². The van der Waals surface area contributed by atoms with Gasteiger partial charge in [-0.3, -0.25) is 4.79 Å². The van der Waals surface area contributed by atoms with Gasteiger partial charge in [0.25, 0.3) is 5.91 Å². The zero-order valence-electron chi connectivity index (χ0n) is 13.6. The van der Waals surface area contributed by atoms with Crippen molar-refractivity contribution in [1.29, 1.82) is 0 Å². The minimum absolute atomic E-state index is 0.0106. The lowest BCUT2D eigenvalue weighted by molar-refractivity contribution is -0.130. The number of hydrogen-bond donors (Lipinski definition) is 1. The highest BCUT2D eigenvalue weighted by molar-refractivity contribution is 5.77. The van der Waals surface area contributed by atoms with E-state index in [-0.39, 0.29) is 12.5 Å². The lowest BCUT2D eigenvalue weighted by Crippen LogP contribution is -2.27. The fourth-order valence-corrected chi connectivity index (χ4v) is 1.64. The quantitative estimate of drug-likeness (QED) is 0.797. The molecule has 0 aliphatic heterocycles. The molecule has 0 bridgehead atoms. The van der Waals surface area contributed by atoms with Gasteiger partial charge in [0.1, 0.15) is 0 Å². The largest absolute Gasteiger partial charge is 0.490 e. The standard InChI is InChI=1S/C16H26N2O3/c1-6-20-15-9-13(10-17-12(2)3)7-8-14(15)21-11-16(19)18(4)5/h7-9,12,17H,6,10-11H2,1-5H3. The summed E-state index contributed by atoms with van der Waals surface area (Å²) < 4.78 is 11.2. The van der Waals surface area contributed by atoms with E-state index >= 15 is 0 Å². The summed E-state index contributed by atoms with van der Waals surface area (Å²) in [4.78, 5) is 13.1. The van der Waals surface area contributed by atoms with Gasteiger partial charge in [-0.15, -0.1) is 0 Å². The Morgan fingerprint density at radius 2 is 1.95 bits per heavy atom. The molecule has 1 aromatic carbocycles. The monoisotopic (exact) mass is 294 g/mol. The summed E-state index contributed by atoms with van der Waals surface area (Å²) in [6, 6.07) is 6.21. The summed E-state index contributed by atoms with van der Waals surface area (Å²) in [6.45, 7) is 7.47. The Morgan fingerprint density at radius 3 is 2.52 bits per heavy atom. The normalized spacial score (nSPS) is 10.6. The van der Waals surface area contributed by atoms with E-state index in [2.05, 4.69) is 19.2 Å². The number of nitrogens with zero attached hydrogens (tertiary/aromatic N) is 1. The van der Waals surface area contributed by atoms with Gasteiger partial charge in [-0.05, 0) is 24.6 Å². The smallest absolute Gasteiger partial charge is 0.259 e. The Balaban J connectivity index is 2.76. The first-order valence-electron chi connectivity index (χ1n) is 7.26. The maximum absolute atomic E-state index is 11.6. The van der Waals surface area contributed by atoms with Crippen LogP contribution >= 0.6 is 0 Å². The molecular formula is C16H26N2O3. The molecule has 0 atom stereocenters. The Kier molecular flexibility index (Phi) is 7.02. The van der Waals surface area contributed by atoms with E-state index in [9.17, 15) is 4.79 Å². The van der Waals surface area contributed by atoms with Crippen LogP contribution in [0, 0.1) is 0 Å². The van der Waals surface area contributed by atoms with Crippen molar-refractivity contribution >= 4 is 5.91 Å². The number of amides is 1. The first-order valence-corrected chi connectivity index (χ1v) is 7.26. The number of carbonyl (C=O) groups is 1. The zero-order valence-corrected chi connectivity index (χ0v) is 13.6. The first kappa shape index (κ1) is 17.3. The summed E-state index contributed by atoms with van der Waals surface area (Å²) in [6.07, 6.45) is 0. The highest BCUT2D eigenvalue weighted by Gasteiger charge is 2.10. The second-order valence-corrected chi connectivity index (χ2v) is 5.33. The van der Waals surface area contributed by atoms with Crippen molar-refractivity contribution in [3.63, 3.8) is 0 Å². The van der Waals surface area contributed by atoms with Gasteiger partial charge in [0.15, 0.2) is 18.1 Å². The molecule has 1 aromatic rings. The molecule has 1 amide bonds. The van der Waals surface area contributed by atoms with Crippen LogP contribution in [0.15, 0.2) is 18.2 Å². The SMILES string of the molecule is CCOc1cc(CNC(C)C)ccc1OCC(=O)N(C)C. The van der Waals surface area contributed by atoms with Crippen LogP contribution in [0.25, 0.3) is 0 Å². The minimum atomic E-state index is -0.0806. The Labute approximate surface area is 127 Å². The molecule has 0 spiro atoms. The maximum Gasteiger partial charge on any atom is 0.259 e. The Hall–Kier alpha value is -1.75. The summed E-state index contributed by atoms with van der Waals surface area (Å²) in [5, 5.41) is 3.36. The zero-order chi connectivity index (χ0) is 15.8. The summed E-state index contributed by atoms with van der Waals surface area (Å²) in [5.74, 6) is 1.19. The van der Waals surface area contributed by atoms with Crippen LogP contribution in [-0.2, 0) is 11.3 Å². The van der Waals surface area contributed by atoms with E-state index in [0.717, 1.165) is 12.1 Å². The van der Waals surface area contributed by atoms with Gasteiger partial charge >= 0.3 is 0 Å². The lowest BCUT2D eigenvalue weighted by Gasteiger charge is -2.15. The van der Waals surface area contributed by atoms with E-state index in [4.69, 9.17) is 9.47 Å². The number of benzene rings is 1. The van der Waals surface area contributed by atoms with Gasteiger partial charge in [0.2, 0.25) is 0 Å². The van der Waals surface area contributed by atoms with Crippen molar-refractivity contribution in [2.75, 3.05) is 27.3 Å². The molecule has 1 N–H and O–H groups in total. The average Bonchev–Trinajstić information content (AvgIpc) is 2.43. The van der Waals surface area contributed by atoms with E-state index in [1.165, 1.54) is 4.90 Å². The van der Waals surface area contributed by atoms with Crippen LogP contribution in [-0.4, -0.2) is 44.2 Å². The number of nitrogens with one attached hydrogen (secondary N) is 1. The molecule has 118 valence electrons. The molecular weight excluding hydrogens is 268 g/mol. The predicted octanol–water partition coefficient (Wildman–Crippen LogP) is 2.05. The highest BCUT2D eigenvalue weighted by atomic mass is 16.5. The van der Waals surface area contributed by atoms with Gasteiger partial charge in [-0.1, -0.05) is 19.9 Å². The fraction of sp³-hybridized carbons (Fsp3) is 0.562. The third-order valence-corrected chi connectivity index (χ3v) is 2.87. The Bertz CT molecular complexity index is 459. The molecule has 0 fully saturated rings. The molecule has 0 saturated carbocycles. The van der Waals surface area contributed by atoms with E-state index in [1.807, 2.05) is 25.1 Å². The molecule has 0 radical (unpaired) electrons. The average molecular weight is 294 g/mol. The summed E-state index contributed by atoms with van der Waals surface area (Å²) in [5.41, 5.74) is 1.12. The van der Waals surface area contributed by atoms with Crippen LogP contribution in [0.2, 0.25) is 0 Å². The highest BCUT2D eigenvalue weighted by Crippen LogP contribution is 2.28. The topological polar surface area (TPSA) is 50.8 Å². The van der Waals surface area contributed by atoms with Crippen LogP contribution in [0.4, 0.5) is 0 Å². The van der Waals surface area contributed by atoms with Gasteiger partial charge in [-0.25, -0.2) is 0 Å². The third-order valence-electron chi connectivity index (χ3n) is 2.87. The van der Waals surface area contributed by atoms with Crippen LogP contribution in [0.3, 0.4) is 0 Å². The molecule has 0 aliphatic rings. The first-order chi connectivity index (χ1) is 9.93. The van der Waals surface area contributed by atoms with Crippen molar-refractivity contribution in [2.45, 2.75) is 33.4 Å². The van der Waals surface area contributed by atoms with Crippen molar-refractivity contribution in [3.8, 4) is 11.5 Å². The molecule has 1 rings (SSSR count). The van der Waals surface area contributed by atoms with Crippen molar-refractivity contribution in [3.05, 3.63) is 23.8 Å². The van der Waals surface area contributed by atoms with Crippen LogP contribution in [0.1, 0.15) is 26.3 Å². The summed E-state index contributed by atoms with van der Waals surface area (Å²) in [7, 11) is 3.41. The molecule has 0 unspecified atom stereocenters. The van der Waals surface area contributed by atoms with Crippen LogP contribution < -0.4 is 14.8 Å². The molecule has 5 nitrogen and oxygen atoms in total. The number of carbonyl (C=O) groups excluding carboxylic acids is 1. The predicted molar refractivity (Wildman–Crippen MR) is 83.8 cm³/mol. The molecule has 0 aromatic heterocycles. The fourth-order valence-electron chi connectivity index (χ4n) is 1.64. The Morgan fingerprint density at radius 1 is 1.24 bits per heavy atom. The molecule has 5 heteroatoms. The molecule has 0 saturated heterocycles. The third kappa shape index (κ3) is 6.04. The van der Waals surface area contributed by atoms with Crippen LogP contribution in [0.5, 0.6) is 11.5 Å². The lowest BCUT2D eigenvalue weighted by atomic mass is 10.2. The molecule has 0 aliphatic carbocycles. The van der Waals surface area contributed by atoms with Gasteiger partial charge in [0, 0.05) is 26.7 Å². The number of rotatable bonds is 8. The number of hydrogen-bond acceptors (Lipinski definition) is 4. The van der Waals surface area contributed by atoms with E-state index < -0.39 is 0 Å². The number of likely N-dealkylation sites (N-methyl/N-ethyl adjacent to an activating group) is 1. The number of ether oxygens (including phenoxy) is 2. The molecule has 21 heavy (non-hydrogen) atoms.